The lowest BCUT2D eigenvalue weighted by molar-refractivity contribution is 0.417. The predicted molar refractivity (Wildman–Crippen MR) is 78.1 cm³/mol. The highest BCUT2D eigenvalue weighted by molar-refractivity contribution is 5.86. The number of hydrogen-bond acceptors (Lipinski definition) is 0. The maximum atomic E-state index is 2.51. The molecular weight excluding hydrogens is 218 g/mol. The van der Waals surface area contributed by atoms with Gasteiger partial charge in [0.05, 0.1) is 0 Å². The molecular formula is C17H23N. The molecule has 1 aromatic heterocycles. The molecule has 1 aliphatic carbocycles. The van der Waals surface area contributed by atoms with Crippen LogP contribution in [-0.2, 0) is 0 Å². The van der Waals surface area contributed by atoms with Gasteiger partial charge < -0.3 is 4.57 Å². The monoisotopic (exact) mass is 241 g/mol. The molecule has 1 saturated carbocycles. The first kappa shape index (κ1) is 11.8. The summed E-state index contributed by atoms with van der Waals surface area (Å²) in [6, 6.07) is 9.45. The van der Waals surface area contributed by atoms with E-state index in [2.05, 4.69) is 48.9 Å². The van der Waals surface area contributed by atoms with E-state index in [0.717, 1.165) is 5.92 Å². The molecule has 96 valence electrons. The van der Waals surface area contributed by atoms with E-state index < -0.39 is 0 Å². The molecule has 0 unspecified atom stereocenters. The van der Waals surface area contributed by atoms with E-state index in [1.807, 2.05) is 0 Å². The second-order valence-electron chi connectivity index (χ2n) is 5.94. The van der Waals surface area contributed by atoms with Crippen molar-refractivity contribution in [2.24, 2.45) is 0 Å². The largest absolute Gasteiger partial charge is 0.347 e. The molecule has 0 amide bonds. The van der Waals surface area contributed by atoms with Gasteiger partial charge in [-0.25, -0.2) is 0 Å². The first-order valence-electron chi connectivity index (χ1n) is 7.37. The second-order valence-corrected chi connectivity index (χ2v) is 5.94. The quantitative estimate of drug-likeness (QED) is 0.675. The van der Waals surface area contributed by atoms with Crippen molar-refractivity contribution in [3.8, 4) is 0 Å². The van der Waals surface area contributed by atoms with Gasteiger partial charge in [0, 0.05) is 23.3 Å². The Morgan fingerprint density at radius 1 is 1.06 bits per heavy atom. The topological polar surface area (TPSA) is 4.93 Å². The zero-order valence-electron chi connectivity index (χ0n) is 11.5. The van der Waals surface area contributed by atoms with Gasteiger partial charge in [-0.15, -0.1) is 0 Å². The minimum Gasteiger partial charge on any atom is -0.347 e. The normalized spacial score (nSPS) is 17.7. The minimum absolute atomic E-state index is 0.564. The summed E-state index contributed by atoms with van der Waals surface area (Å²) in [5.74, 6) is 0.779. The van der Waals surface area contributed by atoms with Crippen LogP contribution in [0.3, 0.4) is 0 Å². The summed E-state index contributed by atoms with van der Waals surface area (Å²) in [6.07, 6.45) is 9.34. The first-order chi connectivity index (χ1) is 8.77. The number of benzene rings is 1. The van der Waals surface area contributed by atoms with Crippen molar-refractivity contribution in [2.45, 2.75) is 57.9 Å². The Morgan fingerprint density at radius 2 is 1.78 bits per heavy atom. The van der Waals surface area contributed by atoms with Crippen LogP contribution in [0.1, 0.15) is 63.6 Å². The Bertz CT molecular complexity index is 530. The lowest BCUT2D eigenvalue weighted by Crippen LogP contribution is -2.12. The number of fused-ring (bicyclic) bond motifs is 1. The van der Waals surface area contributed by atoms with Crippen molar-refractivity contribution in [1.82, 2.24) is 4.57 Å². The molecule has 1 aliphatic rings. The highest BCUT2D eigenvalue weighted by Crippen LogP contribution is 2.38. The van der Waals surface area contributed by atoms with Gasteiger partial charge in [-0.1, -0.05) is 43.5 Å². The van der Waals surface area contributed by atoms with E-state index >= 15 is 0 Å². The van der Waals surface area contributed by atoms with Crippen molar-refractivity contribution in [3.05, 3.63) is 36.2 Å². The van der Waals surface area contributed by atoms with Gasteiger partial charge in [-0.2, -0.15) is 0 Å². The lowest BCUT2D eigenvalue weighted by Gasteiger charge is -2.25. The Morgan fingerprint density at radius 3 is 2.50 bits per heavy atom. The van der Waals surface area contributed by atoms with E-state index in [9.17, 15) is 0 Å². The zero-order valence-corrected chi connectivity index (χ0v) is 11.5. The van der Waals surface area contributed by atoms with Crippen molar-refractivity contribution in [1.29, 1.82) is 0 Å². The fraction of sp³-hybridized carbons (Fsp3) is 0.529. The summed E-state index contributed by atoms with van der Waals surface area (Å²) in [5.41, 5.74) is 1.60. The van der Waals surface area contributed by atoms with Gasteiger partial charge in [-0.05, 0) is 38.0 Å². The third-order valence-corrected chi connectivity index (χ3v) is 4.34. The van der Waals surface area contributed by atoms with Crippen LogP contribution in [0.5, 0.6) is 0 Å². The number of rotatable bonds is 2. The number of hydrogen-bond donors (Lipinski definition) is 0. The smallest absolute Gasteiger partial charge is 0.0287 e. The molecule has 1 fully saturated rings. The van der Waals surface area contributed by atoms with Crippen molar-refractivity contribution in [2.75, 3.05) is 0 Å². The maximum Gasteiger partial charge on any atom is 0.0287 e. The Hall–Kier alpha value is -1.24. The molecule has 2 aromatic rings. The minimum atomic E-state index is 0.564. The van der Waals surface area contributed by atoms with E-state index in [1.54, 1.807) is 5.69 Å². The van der Waals surface area contributed by atoms with Crippen LogP contribution >= 0.6 is 0 Å². The van der Waals surface area contributed by atoms with Crippen molar-refractivity contribution >= 4 is 10.8 Å². The molecule has 0 bridgehead atoms. The maximum absolute atomic E-state index is 2.51. The standard InChI is InChI=1S/C17H23N/c1-13(2)18-12-15-10-6-7-11-16(15)17(18)14-8-4-3-5-9-14/h6-7,10-14H,3-5,8-9H2,1-2H3. The molecule has 1 aromatic carbocycles. The molecule has 0 spiro atoms. The Kier molecular flexibility index (Phi) is 3.15. The molecule has 0 atom stereocenters. The fourth-order valence-electron chi connectivity index (χ4n) is 3.44. The number of aromatic nitrogens is 1. The van der Waals surface area contributed by atoms with Crippen LogP contribution in [0.2, 0.25) is 0 Å². The van der Waals surface area contributed by atoms with Crippen LogP contribution in [-0.4, -0.2) is 4.57 Å². The SMILES string of the molecule is CC(C)n1cc2ccccc2c1C1CCCCC1. The predicted octanol–water partition coefficient (Wildman–Crippen LogP) is 5.27. The molecule has 1 heteroatoms. The average molecular weight is 241 g/mol. The van der Waals surface area contributed by atoms with Crippen molar-refractivity contribution in [3.63, 3.8) is 0 Å². The van der Waals surface area contributed by atoms with Crippen LogP contribution in [0.15, 0.2) is 30.5 Å². The molecule has 0 radical (unpaired) electrons. The van der Waals surface area contributed by atoms with Gasteiger partial charge in [0.1, 0.15) is 0 Å². The summed E-state index contributed by atoms with van der Waals surface area (Å²) in [5, 5.41) is 2.89. The summed E-state index contributed by atoms with van der Waals surface area (Å²) in [7, 11) is 0. The van der Waals surface area contributed by atoms with Crippen LogP contribution in [0.4, 0.5) is 0 Å². The molecule has 3 rings (SSSR count). The molecule has 1 heterocycles. The highest BCUT2D eigenvalue weighted by atomic mass is 15.0. The van der Waals surface area contributed by atoms with E-state index in [-0.39, 0.29) is 0 Å². The summed E-state index contributed by atoms with van der Waals surface area (Å²) in [4.78, 5) is 0. The van der Waals surface area contributed by atoms with Crippen molar-refractivity contribution < 1.29 is 0 Å². The summed E-state index contributed by atoms with van der Waals surface area (Å²) in [6.45, 7) is 4.59. The highest BCUT2D eigenvalue weighted by Gasteiger charge is 2.22. The molecule has 18 heavy (non-hydrogen) atoms. The van der Waals surface area contributed by atoms with E-state index in [0.29, 0.717) is 6.04 Å². The van der Waals surface area contributed by atoms with Crippen LogP contribution in [0, 0.1) is 0 Å². The zero-order chi connectivity index (χ0) is 12.5. The second kappa shape index (κ2) is 4.79. The summed E-state index contributed by atoms with van der Waals surface area (Å²) < 4.78 is 2.51. The van der Waals surface area contributed by atoms with Gasteiger partial charge in [-0.3, -0.25) is 0 Å². The molecule has 0 N–H and O–H groups in total. The van der Waals surface area contributed by atoms with Crippen LogP contribution in [0.25, 0.3) is 10.8 Å². The number of nitrogens with zero attached hydrogens (tertiary/aromatic N) is 1. The molecule has 1 nitrogen and oxygen atoms in total. The Balaban J connectivity index is 2.14. The molecule has 0 aliphatic heterocycles. The van der Waals surface area contributed by atoms with E-state index in [4.69, 9.17) is 0 Å². The first-order valence-corrected chi connectivity index (χ1v) is 7.37. The fourth-order valence-corrected chi connectivity index (χ4v) is 3.44. The van der Waals surface area contributed by atoms with Crippen LogP contribution < -0.4 is 0 Å². The third-order valence-electron chi connectivity index (χ3n) is 4.34. The Labute approximate surface area is 110 Å². The van der Waals surface area contributed by atoms with Gasteiger partial charge in [0.2, 0.25) is 0 Å². The third kappa shape index (κ3) is 1.96. The lowest BCUT2D eigenvalue weighted by atomic mass is 9.85. The van der Waals surface area contributed by atoms with Gasteiger partial charge in [0.25, 0.3) is 0 Å². The van der Waals surface area contributed by atoms with Gasteiger partial charge >= 0.3 is 0 Å². The summed E-state index contributed by atoms with van der Waals surface area (Å²) >= 11 is 0. The van der Waals surface area contributed by atoms with Gasteiger partial charge in [0.15, 0.2) is 0 Å². The molecule has 0 saturated heterocycles. The van der Waals surface area contributed by atoms with E-state index in [1.165, 1.54) is 42.9 Å². The average Bonchev–Trinajstić information content (AvgIpc) is 2.79.